The molecule has 0 rings (SSSR count). The molecular weight excluding hydrogens is 146 g/mol. The van der Waals surface area contributed by atoms with Gasteiger partial charge in [-0.1, -0.05) is 0 Å². The molecule has 0 unspecified atom stereocenters. The van der Waals surface area contributed by atoms with Crippen molar-refractivity contribution in [3.8, 4) is 0 Å². The van der Waals surface area contributed by atoms with Gasteiger partial charge in [0.15, 0.2) is 0 Å². The molecule has 0 aliphatic heterocycles. The second kappa shape index (κ2) is 10.2. The Morgan fingerprint density at radius 3 is 1.14 bits per heavy atom. The topological polar surface area (TPSA) is 0 Å². The molecule has 0 fully saturated rings. The van der Waals surface area contributed by atoms with Crippen molar-refractivity contribution in [2.45, 2.75) is 17.4 Å². The summed E-state index contributed by atoms with van der Waals surface area (Å²) >= 11 is 9.39. The summed E-state index contributed by atoms with van der Waals surface area (Å²) in [5.74, 6) is 6.92. The van der Waals surface area contributed by atoms with Crippen LogP contribution in [0.1, 0.15) is 0 Å². The van der Waals surface area contributed by atoms with Gasteiger partial charge in [0, 0.05) is 0 Å². The molecule has 0 aliphatic carbocycles. The molecule has 3 heteroatoms. The van der Waals surface area contributed by atoms with Gasteiger partial charge in [-0.15, -0.1) is 40.6 Å². The fourth-order valence-electron chi connectivity index (χ4n) is 0. The van der Waals surface area contributed by atoms with Gasteiger partial charge in [-0.2, -0.15) is 0 Å². The fraction of sp³-hybridized carbons (Fsp3) is 1.00. The van der Waals surface area contributed by atoms with Crippen molar-refractivity contribution in [2.24, 2.45) is 0 Å². The molecule has 0 spiro atoms. The number of hydrogen-bond donors (Lipinski definition) is 0. The lowest BCUT2D eigenvalue weighted by molar-refractivity contribution is 1.91. The second-order valence-corrected chi connectivity index (χ2v) is 6.11. The maximum Gasteiger partial charge on any atom is 0.251 e. The third kappa shape index (κ3) is 150. The Balaban J connectivity index is 0. The van der Waals surface area contributed by atoms with E-state index in [1.165, 1.54) is 0 Å². The number of alkyl halides is 2. The highest BCUT2D eigenvalue weighted by atomic mass is 35.5. The molecule has 0 aliphatic rings. The van der Waals surface area contributed by atoms with Crippen LogP contribution in [0.4, 0.5) is 0 Å². The average Bonchev–Trinajstić information content (AvgIpc) is 1.33. The van der Waals surface area contributed by atoms with Crippen molar-refractivity contribution in [1.82, 2.24) is 0 Å². The van der Waals surface area contributed by atoms with Gasteiger partial charge in [0.05, 0.1) is 5.34 Å². The lowest BCUT2D eigenvalue weighted by Crippen LogP contribution is -1.84. The van der Waals surface area contributed by atoms with Crippen LogP contribution in [0.25, 0.3) is 0 Å². The second-order valence-electron chi connectivity index (χ2n) is 1.83. The van der Waals surface area contributed by atoms with E-state index >= 15 is 0 Å². The zero-order chi connectivity index (χ0) is 6.28. The summed E-state index contributed by atoms with van der Waals surface area (Å²) in [6.45, 7) is 0. The maximum absolute atomic E-state index is 4.76. The third-order valence-electron chi connectivity index (χ3n) is 0. The SMILES string of the molecule is ClCCl.[CH3][Al]([CH3])[CH3]. The van der Waals surface area contributed by atoms with Crippen LogP contribution in [0.3, 0.4) is 0 Å². The summed E-state index contributed by atoms with van der Waals surface area (Å²) in [6.07, 6.45) is 0. The first kappa shape index (κ1) is 11.0. The molecule has 0 saturated heterocycles. The van der Waals surface area contributed by atoms with Crippen LogP contribution in [-0.2, 0) is 0 Å². The Morgan fingerprint density at radius 1 is 1.14 bits per heavy atom. The summed E-state index contributed by atoms with van der Waals surface area (Å²) < 4.78 is 0. The van der Waals surface area contributed by atoms with Crippen LogP contribution in [0, 0.1) is 0 Å². The molecule has 7 heavy (non-hydrogen) atoms. The maximum atomic E-state index is 4.76. The van der Waals surface area contributed by atoms with Gasteiger partial charge < -0.3 is 0 Å². The fourth-order valence-corrected chi connectivity index (χ4v) is 0. The molecule has 0 amide bonds. The molecule has 0 bridgehead atoms. The van der Waals surface area contributed by atoms with Crippen molar-refractivity contribution >= 4 is 37.4 Å². The molecule has 0 aromatic rings. The van der Waals surface area contributed by atoms with Gasteiger partial charge in [-0.3, -0.25) is 0 Å². The Hall–Kier alpha value is 1.11. The molecule has 0 heterocycles. The largest absolute Gasteiger partial charge is 0.251 e. The highest BCUT2D eigenvalue weighted by molar-refractivity contribution is 6.54. The lowest BCUT2D eigenvalue weighted by atomic mass is 11.8. The van der Waals surface area contributed by atoms with Gasteiger partial charge in [0.1, 0.15) is 0 Å². The Bertz CT molecular complexity index is 20.9. The Kier molecular flexibility index (Phi) is 16.0. The smallest absolute Gasteiger partial charge is 0.109 e. The monoisotopic (exact) mass is 156 g/mol. The van der Waals surface area contributed by atoms with Crippen LogP contribution < -0.4 is 0 Å². The number of hydrogen-bond acceptors (Lipinski definition) is 0. The van der Waals surface area contributed by atoms with Crippen molar-refractivity contribution in [3.63, 3.8) is 0 Å². The first-order valence-electron chi connectivity index (χ1n) is 2.27. The molecule has 0 radical (unpaired) electrons. The molecule has 0 N–H and O–H groups in total. The van der Waals surface area contributed by atoms with Gasteiger partial charge in [-0.05, 0) is 0 Å². The number of rotatable bonds is 0. The van der Waals surface area contributed by atoms with Crippen LogP contribution in [0.15, 0.2) is 0 Å². The minimum absolute atomic E-state index is 0.139. The van der Waals surface area contributed by atoms with E-state index in [1.807, 2.05) is 0 Å². The summed E-state index contributed by atoms with van der Waals surface area (Å²) in [4.78, 5) is 0. The number of halogens is 2. The molecular formula is C4H11AlCl2. The molecule has 44 valence electrons. The average molecular weight is 157 g/mol. The summed E-state index contributed by atoms with van der Waals surface area (Å²) in [7, 11) is 0. The molecule has 0 saturated carbocycles. The van der Waals surface area contributed by atoms with Crippen LogP contribution in [0.2, 0.25) is 17.4 Å². The van der Waals surface area contributed by atoms with E-state index in [-0.39, 0.29) is 19.5 Å². The molecule has 0 nitrogen and oxygen atoms in total. The standard InChI is InChI=1S/CH2Cl2.3CH3.Al/c2-1-3;;;;/h1H2;3*1H3;. The highest BCUT2D eigenvalue weighted by Crippen LogP contribution is 1.73. The lowest BCUT2D eigenvalue weighted by Gasteiger charge is -1.67. The third-order valence-corrected chi connectivity index (χ3v) is 0. The van der Waals surface area contributed by atoms with Crippen molar-refractivity contribution < 1.29 is 0 Å². The van der Waals surface area contributed by atoms with E-state index in [0.717, 1.165) is 0 Å². The van der Waals surface area contributed by atoms with Gasteiger partial charge in [0.2, 0.25) is 0 Å². The zero-order valence-electron chi connectivity index (χ0n) is 5.04. The van der Waals surface area contributed by atoms with E-state index < -0.39 is 0 Å². The van der Waals surface area contributed by atoms with Crippen LogP contribution >= 0.6 is 23.2 Å². The summed E-state index contributed by atoms with van der Waals surface area (Å²) in [5.41, 5.74) is 0. The predicted molar refractivity (Wildman–Crippen MR) is 39.9 cm³/mol. The van der Waals surface area contributed by atoms with Crippen molar-refractivity contribution in [2.75, 3.05) is 5.34 Å². The van der Waals surface area contributed by atoms with Crippen LogP contribution in [0.5, 0.6) is 0 Å². The van der Waals surface area contributed by atoms with Gasteiger partial charge >= 0.3 is 0 Å². The molecule has 0 aromatic heterocycles. The molecule has 0 aromatic carbocycles. The first-order valence-corrected chi connectivity index (χ1v) is 6.80. The minimum Gasteiger partial charge on any atom is -0.109 e. The van der Waals surface area contributed by atoms with Gasteiger partial charge in [0.25, 0.3) is 14.1 Å². The Labute approximate surface area is 60.2 Å². The van der Waals surface area contributed by atoms with Crippen molar-refractivity contribution in [3.05, 3.63) is 0 Å². The minimum atomic E-state index is -0.139. The van der Waals surface area contributed by atoms with E-state index in [0.29, 0.717) is 0 Å². The first-order chi connectivity index (χ1) is 3.15. The summed E-state index contributed by atoms with van der Waals surface area (Å²) in [6, 6.07) is 0. The molecule has 0 atom stereocenters. The van der Waals surface area contributed by atoms with E-state index in [4.69, 9.17) is 23.2 Å². The highest BCUT2D eigenvalue weighted by Gasteiger charge is 1.81. The van der Waals surface area contributed by atoms with Crippen molar-refractivity contribution in [1.29, 1.82) is 0 Å². The normalized spacial score (nSPS) is 6.43. The van der Waals surface area contributed by atoms with E-state index in [1.54, 1.807) is 0 Å². The van der Waals surface area contributed by atoms with Crippen LogP contribution in [-0.4, -0.2) is 19.5 Å². The summed E-state index contributed by atoms with van der Waals surface area (Å²) in [5, 5.41) is 0.194. The van der Waals surface area contributed by atoms with Gasteiger partial charge in [-0.25, -0.2) is 0 Å². The van der Waals surface area contributed by atoms with E-state index in [9.17, 15) is 0 Å². The van der Waals surface area contributed by atoms with E-state index in [2.05, 4.69) is 17.4 Å². The Morgan fingerprint density at radius 2 is 1.14 bits per heavy atom. The quantitative estimate of drug-likeness (QED) is 0.374. The zero-order valence-corrected chi connectivity index (χ0v) is 7.71. The predicted octanol–water partition coefficient (Wildman–Crippen LogP) is 2.79.